The van der Waals surface area contributed by atoms with Crippen LogP contribution in [0.5, 0.6) is 11.5 Å². The highest BCUT2D eigenvalue weighted by molar-refractivity contribution is 7.15. The van der Waals surface area contributed by atoms with Crippen molar-refractivity contribution in [1.29, 1.82) is 0 Å². The van der Waals surface area contributed by atoms with E-state index >= 15 is 0 Å². The third-order valence-electron chi connectivity index (χ3n) is 5.97. The van der Waals surface area contributed by atoms with Crippen molar-refractivity contribution in [3.05, 3.63) is 106 Å². The van der Waals surface area contributed by atoms with Gasteiger partial charge in [-0.15, -0.1) is 10.2 Å². The van der Waals surface area contributed by atoms with Gasteiger partial charge in [0.05, 0.1) is 11.6 Å². The fraction of sp³-hybridized carbons (Fsp3) is 0.143. The van der Waals surface area contributed by atoms with Crippen LogP contribution in [0, 0.1) is 13.8 Å². The number of anilines is 1. The van der Waals surface area contributed by atoms with Crippen molar-refractivity contribution < 1.29 is 24.5 Å². The van der Waals surface area contributed by atoms with Gasteiger partial charge >= 0.3 is 5.91 Å². The number of hydrogen-bond acceptors (Lipinski definition) is 8. The highest BCUT2D eigenvalue weighted by Gasteiger charge is 2.48. The monoisotopic (exact) mass is 513 g/mol. The maximum atomic E-state index is 13.2. The van der Waals surface area contributed by atoms with Crippen LogP contribution < -0.4 is 9.64 Å². The van der Waals surface area contributed by atoms with Gasteiger partial charge in [0.15, 0.2) is 0 Å². The van der Waals surface area contributed by atoms with Crippen LogP contribution >= 0.6 is 11.3 Å². The van der Waals surface area contributed by atoms with Gasteiger partial charge in [0.2, 0.25) is 5.13 Å². The topological polar surface area (TPSA) is 113 Å². The number of aryl methyl sites for hydroxylation is 2. The third kappa shape index (κ3) is 4.81. The van der Waals surface area contributed by atoms with E-state index in [-0.39, 0.29) is 22.2 Å². The lowest BCUT2D eigenvalue weighted by molar-refractivity contribution is -0.132. The van der Waals surface area contributed by atoms with Crippen molar-refractivity contribution in [3.63, 3.8) is 0 Å². The molecule has 186 valence electrons. The number of phenolic OH excluding ortho intramolecular Hbond substituents is 1. The summed E-state index contributed by atoms with van der Waals surface area (Å²) in [5.41, 5.74) is 2.87. The molecular weight excluding hydrogens is 490 g/mol. The lowest BCUT2D eigenvalue weighted by Crippen LogP contribution is -2.29. The van der Waals surface area contributed by atoms with Crippen molar-refractivity contribution in [3.8, 4) is 11.5 Å². The van der Waals surface area contributed by atoms with Crippen LogP contribution in [0.25, 0.3) is 5.76 Å². The Morgan fingerprint density at radius 2 is 1.76 bits per heavy atom. The van der Waals surface area contributed by atoms with Crippen molar-refractivity contribution in [2.75, 3.05) is 4.90 Å². The van der Waals surface area contributed by atoms with Gasteiger partial charge in [-0.05, 0) is 61.4 Å². The Kier molecular flexibility index (Phi) is 6.45. The smallest absolute Gasteiger partial charge is 0.301 e. The molecule has 37 heavy (non-hydrogen) atoms. The summed E-state index contributed by atoms with van der Waals surface area (Å²) in [5.74, 6) is -1.46. The van der Waals surface area contributed by atoms with Crippen LogP contribution in [0.4, 0.5) is 5.13 Å². The van der Waals surface area contributed by atoms with Crippen molar-refractivity contribution >= 4 is 33.9 Å². The Morgan fingerprint density at radius 3 is 2.43 bits per heavy atom. The summed E-state index contributed by atoms with van der Waals surface area (Å²) in [6.07, 6.45) is 0. The largest absolute Gasteiger partial charge is 0.508 e. The first-order valence-electron chi connectivity index (χ1n) is 11.5. The van der Waals surface area contributed by atoms with Crippen molar-refractivity contribution in [2.45, 2.75) is 26.5 Å². The molecule has 5 rings (SSSR count). The maximum Gasteiger partial charge on any atom is 0.301 e. The van der Waals surface area contributed by atoms with Crippen molar-refractivity contribution in [2.24, 2.45) is 0 Å². The molecule has 2 N–H and O–H groups in total. The molecule has 9 heteroatoms. The zero-order valence-electron chi connectivity index (χ0n) is 20.1. The highest BCUT2D eigenvalue weighted by Crippen LogP contribution is 2.43. The van der Waals surface area contributed by atoms with Crippen LogP contribution in [-0.2, 0) is 16.2 Å². The number of aromatic nitrogens is 2. The number of rotatable bonds is 6. The number of ether oxygens (including phenoxy) is 1. The number of aromatic hydroxyl groups is 1. The lowest BCUT2D eigenvalue weighted by atomic mass is 9.95. The van der Waals surface area contributed by atoms with E-state index in [0.29, 0.717) is 28.5 Å². The molecule has 0 aliphatic carbocycles. The van der Waals surface area contributed by atoms with Gasteiger partial charge in [-0.25, -0.2) is 0 Å². The van der Waals surface area contributed by atoms with Gasteiger partial charge in [0.25, 0.3) is 5.78 Å². The summed E-state index contributed by atoms with van der Waals surface area (Å²) in [4.78, 5) is 27.5. The molecule has 1 atom stereocenters. The van der Waals surface area contributed by atoms with E-state index in [9.17, 15) is 19.8 Å². The number of carbonyl (C=O) groups is 2. The molecule has 0 bridgehead atoms. The number of aliphatic hydroxyl groups is 1. The second kappa shape index (κ2) is 9.87. The highest BCUT2D eigenvalue weighted by atomic mass is 32.1. The van der Waals surface area contributed by atoms with E-state index in [1.165, 1.54) is 17.0 Å². The molecule has 2 heterocycles. The first-order chi connectivity index (χ1) is 17.8. The molecule has 8 nitrogen and oxygen atoms in total. The minimum absolute atomic E-state index is 0.0355. The number of carbonyl (C=O) groups excluding carboxylic acids is 2. The Labute approximate surface area is 217 Å². The maximum absolute atomic E-state index is 13.2. The molecular formula is C28H23N3O5S. The lowest BCUT2D eigenvalue weighted by Gasteiger charge is -2.22. The van der Waals surface area contributed by atoms with E-state index in [4.69, 9.17) is 4.74 Å². The number of phenols is 1. The Bertz CT molecular complexity index is 1530. The van der Waals surface area contributed by atoms with Gasteiger partial charge in [-0.2, -0.15) is 0 Å². The summed E-state index contributed by atoms with van der Waals surface area (Å²) in [7, 11) is 0. The van der Waals surface area contributed by atoms with E-state index < -0.39 is 17.7 Å². The number of ketones is 1. The fourth-order valence-electron chi connectivity index (χ4n) is 4.26. The quantitative estimate of drug-likeness (QED) is 0.210. The molecule has 1 aromatic heterocycles. The average molecular weight is 514 g/mol. The summed E-state index contributed by atoms with van der Waals surface area (Å²) in [6.45, 7) is 4.14. The second-order valence-electron chi connectivity index (χ2n) is 8.67. The first kappa shape index (κ1) is 24.2. The summed E-state index contributed by atoms with van der Waals surface area (Å²) < 4.78 is 5.86. The van der Waals surface area contributed by atoms with Gasteiger partial charge in [0, 0.05) is 5.56 Å². The molecule has 0 radical (unpaired) electrons. The molecule has 1 amide bonds. The number of Topliss-reactive ketones (excluding diaryl/α,β-unsaturated/α-hetero) is 1. The van der Waals surface area contributed by atoms with E-state index in [1.807, 2.05) is 31.2 Å². The molecule has 0 saturated carbocycles. The normalized spacial score (nSPS) is 16.8. The first-order valence-corrected chi connectivity index (χ1v) is 12.3. The second-order valence-corrected chi connectivity index (χ2v) is 9.83. The zero-order chi connectivity index (χ0) is 26.1. The minimum atomic E-state index is -0.989. The van der Waals surface area contributed by atoms with Crippen LogP contribution in [0.3, 0.4) is 0 Å². The predicted molar refractivity (Wildman–Crippen MR) is 139 cm³/mol. The molecule has 4 aromatic rings. The zero-order valence-corrected chi connectivity index (χ0v) is 20.9. The van der Waals surface area contributed by atoms with E-state index in [1.54, 1.807) is 43.3 Å². The molecule has 1 saturated heterocycles. The SMILES string of the molecule is Cc1cccc(COc2ccc(/C(O)=C3/C(=O)C(=O)N(c4nnc(C)s4)C3c3cccc(O)c3)cc2)c1. The van der Waals surface area contributed by atoms with Crippen molar-refractivity contribution in [1.82, 2.24) is 10.2 Å². The van der Waals surface area contributed by atoms with Gasteiger partial charge < -0.3 is 14.9 Å². The van der Waals surface area contributed by atoms with Crippen LogP contribution in [0.2, 0.25) is 0 Å². The Hall–Kier alpha value is -4.50. The predicted octanol–water partition coefficient (Wildman–Crippen LogP) is 5.07. The number of aliphatic hydroxyl groups excluding tert-OH is 1. The number of hydrogen-bond donors (Lipinski definition) is 2. The number of nitrogens with zero attached hydrogens (tertiary/aromatic N) is 3. The Balaban J connectivity index is 1.50. The van der Waals surface area contributed by atoms with Gasteiger partial charge in [0.1, 0.15) is 28.9 Å². The summed E-state index contributed by atoms with van der Waals surface area (Å²) >= 11 is 1.16. The molecule has 3 aromatic carbocycles. The Morgan fingerprint density at radius 1 is 1.00 bits per heavy atom. The molecule has 1 aliphatic rings. The summed E-state index contributed by atoms with van der Waals surface area (Å²) in [5, 5.41) is 30.2. The molecule has 1 fully saturated rings. The van der Waals surface area contributed by atoms with Crippen LogP contribution in [-0.4, -0.2) is 32.1 Å². The molecule has 0 spiro atoms. The van der Waals surface area contributed by atoms with Crippen LogP contribution in [0.1, 0.15) is 33.3 Å². The summed E-state index contributed by atoms with van der Waals surface area (Å²) in [6, 6.07) is 19.9. The number of benzene rings is 3. The van der Waals surface area contributed by atoms with Gasteiger partial charge in [-0.1, -0.05) is 53.3 Å². The fourth-order valence-corrected chi connectivity index (χ4v) is 4.97. The third-order valence-corrected chi connectivity index (χ3v) is 6.81. The molecule has 1 unspecified atom stereocenters. The van der Waals surface area contributed by atoms with Crippen LogP contribution in [0.15, 0.2) is 78.4 Å². The van der Waals surface area contributed by atoms with E-state index in [0.717, 1.165) is 22.5 Å². The average Bonchev–Trinajstić information content (AvgIpc) is 3.43. The van der Waals surface area contributed by atoms with E-state index in [2.05, 4.69) is 10.2 Å². The minimum Gasteiger partial charge on any atom is -0.508 e. The molecule has 1 aliphatic heterocycles. The standard InChI is InChI=1S/C28H23N3O5S/c1-16-5-3-6-18(13-16)15-36-22-11-9-19(10-12-22)25(33)23-24(20-7-4-8-21(32)14-20)31(27(35)26(23)34)28-30-29-17(2)37-28/h3-14,24,32-33H,15H2,1-2H3/b25-23-. The van der Waals surface area contributed by atoms with Gasteiger partial charge in [-0.3, -0.25) is 14.5 Å². The number of amides is 1.